The molecule has 8 bridgehead atoms. The van der Waals surface area contributed by atoms with Crippen LogP contribution < -0.4 is 16.0 Å². The fraction of sp³-hybridized carbons (Fsp3) is 0.258. The molecule has 10 heteroatoms. The standard InChI is InChI=1S/C31H32N4O6/c1-5-16-9-18-11-19-10-17(7-8-25(36)37)28(33-19)27(31(40)41)29-26(30(38)39)15(4)22(35-29)13-24-20(6-2)14(3)21(34-24)12-23(16)32-18/h5,9,11-13,17,32-35H,1,6-8,10H2,2-4H3,(H,36,37)(H,38,39)(H,40,41)/t17-/m0/s1. The van der Waals surface area contributed by atoms with Crippen molar-refractivity contribution in [2.75, 3.05) is 0 Å². The Labute approximate surface area is 235 Å². The third-order valence-electron chi connectivity index (χ3n) is 7.94. The van der Waals surface area contributed by atoms with Crippen molar-refractivity contribution in [1.82, 2.24) is 20.3 Å². The first-order chi connectivity index (χ1) is 19.5. The molecular weight excluding hydrogens is 524 g/mol. The monoisotopic (exact) mass is 556 g/mol. The first-order valence-electron chi connectivity index (χ1n) is 13.4. The minimum atomic E-state index is -1.32. The van der Waals surface area contributed by atoms with E-state index in [1.165, 1.54) is 0 Å². The molecular formula is C31H32N4O6. The Kier molecular flexibility index (Phi) is 7.08. The predicted molar refractivity (Wildman–Crippen MR) is 155 cm³/mol. The number of allylic oxidation sites excluding steroid dienone is 2. The molecule has 5 rings (SSSR count). The highest BCUT2D eigenvalue weighted by Gasteiger charge is 2.34. The number of H-pyrrole nitrogens is 3. The smallest absolute Gasteiger partial charge is 0.339 e. The Morgan fingerprint density at radius 2 is 1.71 bits per heavy atom. The largest absolute Gasteiger partial charge is 0.481 e. The molecule has 3 aromatic heterocycles. The molecule has 5 heterocycles. The van der Waals surface area contributed by atoms with Crippen LogP contribution in [0.3, 0.4) is 0 Å². The zero-order valence-corrected chi connectivity index (χ0v) is 23.1. The summed E-state index contributed by atoms with van der Waals surface area (Å²) in [6, 6.07) is 1.94. The third-order valence-corrected chi connectivity index (χ3v) is 7.94. The van der Waals surface area contributed by atoms with Gasteiger partial charge in [-0.1, -0.05) is 19.6 Å². The first-order valence-corrected chi connectivity index (χ1v) is 13.4. The predicted octanol–water partition coefficient (Wildman–Crippen LogP) is 3.47. The summed E-state index contributed by atoms with van der Waals surface area (Å²) in [5.41, 5.74) is 6.01. The number of rotatable bonds is 7. The van der Waals surface area contributed by atoms with Gasteiger partial charge in [0.1, 0.15) is 5.57 Å². The number of carboxylic acid groups (broad SMARTS) is 3. The average molecular weight is 557 g/mol. The van der Waals surface area contributed by atoms with Gasteiger partial charge in [0.05, 0.1) is 11.3 Å². The number of aromatic amines is 3. The lowest BCUT2D eigenvalue weighted by atomic mass is 9.93. The number of aliphatic carboxylic acids is 2. The molecule has 2 aliphatic heterocycles. The normalized spacial score (nSPS) is 16.0. The lowest BCUT2D eigenvalue weighted by Crippen LogP contribution is -2.17. The number of carbonyl (C=O) groups is 3. The maximum absolute atomic E-state index is 12.8. The van der Waals surface area contributed by atoms with Crippen molar-refractivity contribution < 1.29 is 29.7 Å². The van der Waals surface area contributed by atoms with Gasteiger partial charge in [-0.05, 0) is 79.7 Å². The molecule has 1 atom stereocenters. The van der Waals surface area contributed by atoms with Crippen LogP contribution in [-0.2, 0) is 16.0 Å². The molecule has 0 aliphatic carbocycles. The molecule has 41 heavy (non-hydrogen) atoms. The molecule has 0 saturated carbocycles. The van der Waals surface area contributed by atoms with E-state index >= 15 is 0 Å². The van der Waals surface area contributed by atoms with Crippen LogP contribution in [0.4, 0.5) is 0 Å². The summed E-state index contributed by atoms with van der Waals surface area (Å²) in [4.78, 5) is 46.7. The van der Waals surface area contributed by atoms with Crippen LogP contribution >= 0.6 is 0 Å². The van der Waals surface area contributed by atoms with Crippen LogP contribution in [0.15, 0.2) is 24.0 Å². The van der Waals surface area contributed by atoms with Gasteiger partial charge in [-0.2, -0.15) is 0 Å². The molecule has 2 aliphatic rings. The number of nitrogens with one attached hydrogen (secondary N) is 4. The first kappa shape index (κ1) is 27.6. The molecule has 0 unspecified atom stereocenters. The minimum Gasteiger partial charge on any atom is -0.481 e. The molecule has 212 valence electrons. The Bertz CT molecular complexity index is 1810. The molecule has 1 saturated heterocycles. The number of hydrogen-bond donors (Lipinski definition) is 7. The average Bonchev–Trinajstić information content (AvgIpc) is 3.63. The van der Waals surface area contributed by atoms with Crippen molar-refractivity contribution in [1.29, 1.82) is 0 Å². The molecule has 7 N–H and O–H groups in total. The Morgan fingerprint density at radius 3 is 2.34 bits per heavy atom. The summed E-state index contributed by atoms with van der Waals surface area (Å²) in [6.07, 6.45) is 8.54. The van der Waals surface area contributed by atoms with E-state index in [0.29, 0.717) is 23.4 Å². The number of aromatic nitrogens is 3. The molecule has 0 amide bonds. The van der Waals surface area contributed by atoms with Crippen LogP contribution in [0.2, 0.25) is 0 Å². The summed E-state index contributed by atoms with van der Waals surface area (Å²) >= 11 is 0. The quantitative estimate of drug-likeness (QED) is 0.233. The summed E-state index contributed by atoms with van der Waals surface area (Å²) < 4.78 is 0. The number of aromatic carboxylic acids is 1. The summed E-state index contributed by atoms with van der Waals surface area (Å²) in [5.74, 6) is -4.05. The molecule has 1 fully saturated rings. The molecule has 10 nitrogen and oxygen atoms in total. The van der Waals surface area contributed by atoms with Crippen molar-refractivity contribution in [2.45, 2.75) is 46.5 Å². The van der Waals surface area contributed by atoms with Gasteiger partial charge in [0.15, 0.2) is 0 Å². The van der Waals surface area contributed by atoms with Crippen LogP contribution in [0.1, 0.15) is 81.6 Å². The second-order valence-corrected chi connectivity index (χ2v) is 10.4. The van der Waals surface area contributed by atoms with E-state index in [4.69, 9.17) is 0 Å². The van der Waals surface area contributed by atoms with Gasteiger partial charge in [-0.15, -0.1) is 0 Å². The number of hydrogen-bond acceptors (Lipinski definition) is 4. The van der Waals surface area contributed by atoms with Crippen molar-refractivity contribution in [3.63, 3.8) is 0 Å². The number of carboxylic acids is 3. The van der Waals surface area contributed by atoms with Crippen LogP contribution in [-0.4, -0.2) is 48.2 Å². The van der Waals surface area contributed by atoms with E-state index in [1.54, 1.807) is 13.0 Å². The van der Waals surface area contributed by atoms with Crippen LogP contribution in [0, 0.1) is 19.8 Å². The summed E-state index contributed by atoms with van der Waals surface area (Å²) in [5, 5.41) is 34.9. The highest BCUT2D eigenvalue weighted by molar-refractivity contribution is 6.19. The molecule has 0 radical (unpaired) electrons. The Morgan fingerprint density at radius 1 is 0.976 bits per heavy atom. The van der Waals surface area contributed by atoms with E-state index in [9.17, 15) is 29.7 Å². The SMILES string of the molecule is C=Cc1cc2[nH]c1C=c1[nH]c(c(CC)c1C)=Cc1[nH]c(c(C(=O)O)c1C)C(C(=O)O)=C1NC(=C2)C[C@@H]1CCC(=O)O. The zero-order valence-electron chi connectivity index (χ0n) is 23.1. The van der Waals surface area contributed by atoms with Crippen LogP contribution in [0.5, 0.6) is 0 Å². The zero-order chi connectivity index (χ0) is 29.6. The van der Waals surface area contributed by atoms with E-state index in [-0.39, 0.29) is 35.4 Å². The lowest BCUT2D eigenvalue weighted by molar-refractivity contribution is -0.137. The van der Waals surface area contributed by atoms with Gasteiger partial charge in [-0.3, -0.25) is 4.79 Å². The fourth-order valence-electron chi connectivity index (χ4n) is 5.92. The summed E-state index contributed by atoms with van der Waals surface area (Å²) in [7, 11) is 0. The minimum absolute atomic E-state index is 0.0332. The highest BCUT2D eigenvalue weighted by Crippen LogP contribution is 2.38. The third kappa shape index (κ3) is 4.93. The molecule has 0 spiro atoms. The maximum atomic E-state index is 12.8. The van der Waals surface area contributed by atoms with Gasteiger partial charge in [0.25, 0.3) is 0 Å². The molecule has 3 aromatic rings. The highest BCUT2D eigenvalue weighted by atomic mass is 16.4. The van der Waals surface area contributed by atoms with Gasteiger partial charge in [0, 0.05) is 51.5 Å². The van der Waals surface area contributed by atoms with E-state index in [2.05, 4.69) is 26.8 Å². The van der Waals surface area contributed by atoms with E-state index in [0.717, 1.165) is 45.2 Å². The summed E-state index contributed by atoms with van der Waals surface area (Å²) in [6.45, 7) is 9.66. The lowest BCUT2D eigenvalue weighted by Gasteiger charge is -2.14. The van der Waals surface area contributed by atoms with Gasteiger partial charge < -0.3 is 35.6 Å². The van der Waals surface area contributed by atoms with Crippen molar-refractivity contribution in [2.24, 2.45) is 5.92 Å². The second kappa shape index (κ2) is 10.5. The molecule has 0 aromatic carbocycles. The topological polar surface area (TPSA) is 171 Å². The van der Waals surface area contributed by atoms with Gasteiger partial charge in [0.2, 0.25) is 0 Å². The van der Waals surface area contributed by atoms with Crippen molar-refractivity contribution in [3.8, 4) is 0 Å². The van der Waals surface area contributed by atoms with Gasteiger partial charge in [-0.25, -0.2) is 9.59 Å². The van der Waals surface area contributed by atoms with Crippen molar-refractivity contribution >= 4 is 47.8 Å². The Balaban J connectivity index is 1.89. The fourth-order valence-corrected chi connectivity index (χ4v) is 5.92. The van der Waals surface area contributed by atoms with Crippen molar-refractivity contribution in [3.05, 3.63) is 85.3 Å². The Hall–Kier alpha value is -4.99. The maximum Gasteiger partial charge on any atom is 0.339 e. The van der Waals surface area contributed by atoms with E-state index < -0.39 is 23.8 Å². The second-order valence-electron chi connectivity index (χ2n) is 10.4. The van der Waals surface area contributed by atoms with Gasteiger partial charge >= 0.3 is 17.9 Å². The van der Waals surface area contributed by atoms with E-state index in [1.807, 2.05) is 38.1 Å². The van der Waals surface area contributed by atoms with Crippen LogP contribution in [0.25, 0.3) is 29.9 Å². The number of fused-ring (bicyclic) bond motifs is 8.